The molecule has 1 aromatic carbocycles. The first kappa shape index (κ1) is 18.4. The molecule has 1 amide bonds. The normalized spacial score (nSPS) is 14.8. The molecule has 1 aromatic heterocycles. The van der Waals surface area contributed by atoms with E-state index in [2.05, 4.69) is 46.9 Å². The minimum absolute atomic E-state index is 0.160. The van der Waals surface area contributed by atoms with Crippen molar-refractivity contribution in [1.29, 1.82) is 0 Å². The lowest BCUT2D eigenvalue weighted by Crippen LogP contribution is -2.50. The van der Waals surface area contributed by atoms with E-state index in [-0.39, 0.29) is 5.92 Å². The van der Waals surface area contributed by atoms with Gasteiger partial charge in [-0.2, -0.15) is 0 Å². The molecule has 2 heterocycles. The number of hydrogen-bond donors (Lipinski definition) is 0. The molecule has 0 atom stereocenters. The number of piperazine rings is 1. The number of amides is 1. The average Bonchev–Trinajstić information content (AvgIpc) is 2.69. The third kappa shape index (κ3) is 4.03. The predicted molar refractivity (Wildman–Crippen MR) is 105 cm³/mol. The highest BCUT2D eigenvalue weighted by atomic mass is 16.2. The zero-order valence-corrected chi connectivity index (χ0v) is 16.0. The standard InChI is InChI=1S/C21H28N4O/c1-4-17(5-2)21(26)25-13-11-24(12-14-25)20-15-19(22-16(3)23-20)18-9-7-6-8-10-18/h6-10,15,17H,4-5,11-14H2,1-3H3. The second-order valence-corrected chi connectivity index (χ2v) is 6.85. The Hall–Kier alpha value is -2.43. The van der Waals surface area contributed by atoms with Gasteiger partial charge in [-0.3, -0.25) is 4.79 Å². The van der Waals surface area contributed by atoms with Gasteiger partial charge in [0.1, 0.15) is 11.6 Å². The molecule has 5 nitrogen and oxygen atoms in total. The lowest BCUT2D eigenvalue weighted by molar-refractivity contribution is -0.136. The van der Waals surface area contributed by atoms with Crippen LogP contribution >= 0.6 is 0 Å². The van der Waals surface area contributed by atoms with Gasteiger partial charge < -0.3 is 9.80 Å². The van der Waals surface area contributed by atoms with Gasteiger partial charge in [-0.05, 0) is 19.8 Å². The Morgan fingerprint density at radius 3 is 2.31 bits per heavy atom. The fraction of sp³-hybridized carbons (Fsp3) is 0.476. The van der Waals surface area contributed by atoms with Gasteiger partial charge >= 0.3 is 0 Å². The van der Waals surface area contributed by atoms with Gasteiger partial charge in [-0.1, -0.05) is 44.2 Å². The highest BCUT2D eigenvalue weighted by molar-refractivity contribution is 5.79. The van der Waals surface area contributed by atoms with Crippen molar-refractivity contribution in [2.24, 2.45) is 5.92 Å². The van der Waals surface area contributed by atoms with Crippen molar-refractivity contribution in [3.05, 3.63) is 42.2 Å². The van der Waals surface area contributed by atoms with Crippen LogP contribution in [-0.4, -0.2) is 47.0 Å². The van der Waals surface area contributed by atoms with E-state index in [4.69, 9.17) is 0 Å². The van der Waals surface area contributed by atoms with Gasteiger partial charge in [0.15, 0.2) is 0 Å². The van der Waals surface area contributed by atoms with Crippen molar-refractivity contribution in [3.8, 4) is 11.3 Å². The molecule has 1 aliphatic rings. The molecule has 0 spiro atoms. The second-order valence-electron chi connectivity index (χ2n) is 6.85. The Labute approximate surface area is 156 Å². The fourth-order valence-electron chi connectivity index (χ4n) is 3.52. The first-order valence-electron chi connectivity index (χ1n) is 9.57. The molecule has 1 saturated heterocycles. The summed E-state index contributed by atoms with van der Waals surface area (Å²) in [5, 5.41) is 0. The van der Waals surface area contributed by atoms with Gasteiger partial charge in [0.05, 0.1) is 5.69 Å². The summed E-state index contributed by atoms with van der Waals surface area (Å²) in [6, 6.07) is 12.2. The van der Waals surface area contributed by atoms with Crippen molar-refractivity contribution in [2.75, 3.05) is 31.1 Å². The van der Waals surface area contributed by atoms with E-state index in [1.54, 1.807) is 0 Å². The summed E-state index contributed by atoms with van der Waals surface area (Å²) in [5.74, 6) is 2.19. The number of aryl methyl sites for hydroxylation is 1. The van der Waals surface area contributed by atoms with E-state index in [1.165, 1.54) is 0 Å². The highest BCUT2D eigenvalue weighted by Gasteiger charge is 2.26. The van der Waals surface area contributed by atoms with Crippen molar-refractivity contribution >= 4 is 11.7 Å². The van der Waals surface area contributed by atoms with Crippen LogP contribution in [0, 0.1) is 12.8 Å². The summed E-state index contributed by atoms with van der Waals surface area (Å²) in [7, 11) is 0. The highest BCUT2D eigenvalue weighted by Crippen LogP contribution is 2.23. The first-order chi connectivity index (χ1) is 12.6. The number of aromatic nitrogens is 2. The Morgan fingerprint density at radius 1 is 1.04 bits per heavy atom. The third-order valence-corrected chi connectivity index (χ3v) is 5.14. The molecule has 5 heteroatoms. The van der Waals surface area contributed by atoms with Crippen molar-refractivity contribution < 1.29 is 4.79 Å². The molecule has 0 unspecified atom stereocenters. The van der Waals surface area contributed by atoms with E-state index in [1.807, 2.05) is 30.0 Å². The molecule has 1 fully saturated rings. The molecule has 0 saturated carbocycles. The van der Waals surface area contributed by atoms with Crippen LogP contribution in [0.1, 0.15) is 32.5 Å². The minimum atomic E-state index is 0.160. The maximum Gasteiger partial charge on any atom is 0.225 e. The van der Waals surface area contributed by atoms with E-state index in [9.17, 15) is 4.79 Å². The topological polar surface area (TPSA) is 49.3 Å². The van der Waals surface area contributed by atoms with Crippen LogP contribution in [0.3, 0.4) is 0 Å². The average molecular weight is 352 g/mol. The Kier molecular flexibility index (Phi) is 5.86. The van der Waals surface area contributed by atoms with Gasteiger partial charge in [0.25, 0.3) is 0 Å². The van der Waals surface area contributed by atoms with Crippen LogP contribution in [0.2, 0.25) is 0 Å². The maximum absolute atomic E-state index is 12.6. The molecule has 3 rings (SSSR count). The largest absolute Gasteiger partial charge is 0.353 e. The molecular weight excluding hydrogens is 324 g/mol. The number of carbonyl (C=O) groups excluding carboxylic acids is 1. The van der Waals surface area contributed by atoms with Gasteiger partial charge in [0.2, 0.25) is 5.91 Å². The Balaban J connectivity index is 1.72. The summed E-state index contributed by atoms with van der Waals surface area (Å²) in [4.78, 5) is 26.1. The molecule has 26 heavy (non-hydrogen) atoms. The summed E-state index contributed by atoms with van der Waals surface area (Å²) in [5.41, 5.74) is 2.05. The summed E-state index contributed by atoms with van der Waals surface area (Å²) >= 11 is 0. The monoisotopic (exact) mass is 352 g/mol. The predicted octanol–water partition coefficient (Wildman–Crippen LogP) is 3.54. The lowest BCUT2D eigenvalue weighted by atomic mass is 10.0. The second kappa shape index (κ2) is 8.30. The number of rotatable bonds is 5. The van der Waals surface area contributed by atoms with E-state index in [0.29, 0.717) is 5.91 Å². The zero-order valence-electron chi connectivity index (χ0n) is 16.0. The third-order valence-electron chi connectivity index (χ3n) is 5.14. The van der Waals surface area contributed by atoms with Gasteiger partial charge in [0, 0.05) is 43.7 Å². The van der Waals surface area contributed by atoms with Crippen LogP contribution in [0.4, 0.5) is 5.82 Å². The van der Waals surface area contributed by atoms with Crippen LogP contribution in [0.5, 0.6) is 0 Å². The Bertz CT molecular complexity index is 735. The van der Waals surface area contributed by atoms with Crippen LogP contribution in [-0.2, 0) is 4.79 Å². The zero-order chi connectivity index (χ0) is 18.5. The molecule has 0 bridgehead atoms. The van der Waals surface area contributed by atoms with E-state index >= 15 is 0 Å². The minimum Gasteiger partial charge on any atom is -0.353 e. The first-order valence-corrected chi connectivity index (χ1v) is 9.57. The molecule has 0 radical (unpaired) electrons. The molecule has 1 aliphatic heterocycles. The van der Waals surface area contributed by atoms with E-state index in [0.717, 1.165) is 61.9 Å². The van der Waals surface area contributed by atoms with Gasteiger partial charge in [-0.25, -0.2) is 9.97 Å². The van der Waals surface area contributed by atoms with E-state index < -0.39 is 0 Å². The lowest BCUT2D eigenvalue weighted by Gasteiger charge is -2.37. The van der Waals surface area contributed by atoms with Crippen LogP contribution in [0.25, 0.3) is 11.3 Å². The summed E-state index contributed by atoms with van der Waals surface area (Å²) in [6.45, 7) is 9.28. The molecule has 0 N–H and O–H groups in total. The van der Waals surface area contributed by atoms with Crippen molar-refractivity contribution in [2.45, 2.75) is 33.6 Å². The summed E-state index contributed by atoms with van der Waals surface area (Å²) < 4.78 is 0. The fourth-order valence-corrected chi connectivity index (χ4v) is 3.52. The number of nitrogens with zero attached hydrogens (tertiary/aromatic N) is 4. The van der Waals surface area contributed by atoms with Crippen molar-refractivity contribution in [1.82, 2.24) is 14.9 Å². The smallest absolute Gasteiger partial charge is 0.225 e. The molecule has 0 aliphatic carbocycles. The number of carbonyl (C=O) groups is 1. The maximum atomic E-state index is 12.6. The molecule has 138 valence electrons. The SMILES string of the molecule is CCC(CC)C(=O)N1CCN(c2cc(-c3ccccc3)nc(C)n2)CC1. The van der Waals surface area contributed by atoms with Crippen LogP contribution in [0.15, 0.2) is 36.4 Å². The number of anilines is 1. The Morgan fingerprint density at radius 2 is 1.69 bits per heavy atom. The number of hydrogen-bond acceptors (Lipinski definition) is 4. The summed E-state index contributed by atoms with van der Waals surface area (Å²) in [6.07, 6.45) is 1.84. The quantitative estimate of drug-likeness (QED) is 0.826. The van der Waals surface area contributed by atoms with Crippen molar-refractivity contribution in [3.63, 3.8) is 0 Å². The van der Waals surface area contributed by atoms with Gasteiger partial charge in [-0.15, -0.1) is 0 Å². The molecule has 2 aromatic rings. The number of benzene rings is 1. The van der Waals surface area contributed by atoms with Crippen LogP contribution < -0.4 is 4.90 Å². The molecular formula is C21H28N4O.